The van der Waals surface area contributed by atoms with Crippen LogP contribution in [0, 0.1) is 6.92 Å². The van der Waals surface area contributed by atoms with E-state index >= 15 is 0 Å². The van der Waals surface area contributed by atoms with E-state index in [1.807, 2.05) is 25.1 Å². The molecule has 0 saturated heterocycles. The maximum Gasteiger partial charge on any atom is 0.282 e. The molecule has 1 aromatic heterocycles. The Hall–Kier alpha value is -1.40. The fourth-order valence-corrected chi connectivity index (χ4v) is 1.83. The fourth-order valence-electron chi connectivity index (χ4n) is 1.26. The van der Waals surface area contributed by atoms with Crippen LogP contribution in [-0.2, 0) is 9.05 Å². The minimum Gasteiger partial charge on any atom is -0.219 e. The van der Waals surface area contributed by atoms with Crippen LogP contribution in [0.4, 0.5) is 0 Å². The lowest BCUT2D eigenvalue weighted by Gasteiger charge is -1.99. The molecule has 0 radical (unpaired) electrons. The molecule has 1 heterocycles. The minimum atomic E-state index is -3.82. The van der Waals surface area contributed by atoms with Gasteiger partial charge in [0.05, 0.1) is 11.9 Å². The lowest BCUT2D eigenvalue weighted by molar-refractivity contribution is 0.605. The zero-order valence-electron chi connectivity index (χ0n) is 8.33. The summed E-state index contributed by atoms with van der Waals surface area (Å²) in [5, 5.41) is 6.93. The van der Waals surface area contributed by atoms with Crippen LogP contribution in [0.1, 0.15) is 5.56 Å². The van der Waals surface area contributed by atoms with Crippen molar-refractivity contribution in [3.63, 3.8) is 0 Å². The molecular weight excluding hydrogens is 250 g/mol. The van der Waals surface area contributed by atoms with Crippen molar-refractivity contribution >= 4 is 19.7 Å². The SMILES string of the molecule is Cc1cccc(-n2cc(S(=O)(=O)Cl)nn2)c1. The Labute approximate surface area is 97.1 Å². The molecule has 0 N–H and O–H groups in total. The Morgan fingerprint density at radius 1 is 1.38 bits per heavy atom. The average Bonchev–Trinajstić information content (AvgIpc) is 2.65. The predicted molar refractivity (Wildman–Crippen MR) is 59.1 cm³/mol. The number of rotatable bonds is 2. The fraction of sp³-hybridized carbons (Fsp3) is 0.111. The number of benzene rings is 1. The third-order valence-corrected chi connectivity index (χ3v) is 3.15. The largest absolute Gasteiger partial charge is 0.282 e. The van der Waals surface area contributed by atoms with Gasteiger partial charge in [-0.05, 0) is 24.6 Å². The Morgan fingerprint density at radius 2 is 2.12 bits per heavy atom. The van der Waals surface area contributed by atoms with E-state index in [1.54, 1.807) is 6.07 Å². The molecule has 0 aliphatic heterocycles. The van der Waals surface area contributed by atoms with Crippen molar-refractivity contribution in [2.45, 2.75) is 11.9 Å². The molecule has 84 valence electrons. The molecule has 0 aliphatic rings. The van der Waals surface area contributed by atoms with Crippen molar-refractivity contribution in [3.05, 3.63) is 36.0 Å². The molecule has 2 rings (SSSR count). The van der Waals surface area contributed by atoms with Crippen molar-refractivity contribution in [2.24, 2.45) is 0 Å². The monoisotopic (exact) mass is 257 g/mol. The van der Waals surface area contributed by atoms with Crippen LogP contribution in [0.15, 0.2) is 35.5 Å². The second-order valence-electron chi connectivity index (χ2n) is 3.28. The highest BCUT2D eigenvalue weighted by atomic mass is 35.7. The van der Waals surface area contributed by atoms with Crippen LogP contribution in [0.3, 0.4) is 0 Å². The maximum absolute atomic E-state index is 11.0. The topological polar surface area (TPSA) is 64.8 Å². The Morgan fingerprint density at radius 3 is 2.69 bits per heavy atom. The highest BCUT2D eigenvalue weighted by Crippen LogP contribution is 2.14. The number of aromatic nitrogens is 3. The van der Waals surface area contributed by atoms with Crippen LogP contribution in [0.5, 0.6) is 0 Å². The van der Waals surface area contributed by atoms with Gasteiger partial charge in [0, 0.05) is 10.7 Å². The maximum atomic E-state index is 11.0. The summed E-state index contributed by atoms with van der Waals surface area (Å²) in [4.78, 5) is 0. The summed E-state index contributed by atoms with van der Waals surface area (Å²) >= 11 is 0. The van der Waals surface area contributed by atoms with Gasteiger partial charge in [0.15, 0.2) is 0 Å². The number of aryl methyl sites for hydroxylation is 1. The molecule has 0 unspecified atom stereocenters. The predicted octanol–water partition coefficient (Wildman–Crippen LogP) is 1.50. The van der Waals surface area contributed by atoms with Gasteiger partial charge in [-0.2, -0.15) is 0 Å². The summed E-state index contributed by atoms with van der Waals surface area (Å²) in [6.07, 6.45) is 1.27. The van der Waals surface area contributed by atoms with Gasteiger partial charge in [0.25, 0.3) is 9.05 Å². The highest BCUT2D eigenvalue weighted by Gasteiger charge is 2.15. The van der Waals surface area contributed by atoms with Crippen LogP contribution in [0.25, 0.3) is 5.69 Å². The van der Waals surface area contributed by atoms with Gasteiger partial charge in [-0.3, -0.25) is 0 Å². The number of hydrogen-bond acceptors (Lipinski definition) is 4. The first kappa shape index (κ1) is 11.1. The summed E-state index contributed by atoms with van der Waals surface area (Å²) in [5.41, 5.74) is 1.78. The third-order valence-electron chi connectivity index (χ3n) is 1.99. The molecule has 1 aromatic carbocycles. The smallest absolute Gasteiger partial charge is 0.219 e. The lowest BCUT2D eigenvalue weighted by atomic mass is 10.2. The number of hydrogen-bond donors (Lipinski definition) is 0. The molecule has 16 heavy (non-hydrogen) atoms. The third kappa shape index (κ3) is 2.23. The van der Waals surface area contributed by atoms with E-state index in [2.05, 4.69) is 10.3 Å². The summed E-state index contributed by atoms with van der Waals surface area (Å²) < 4.78 is 23.4. The van der Waals surface area contributed by atoms with Gasteiger partial charge in [-0.1, -0.05) is 17.3 Å². The van der Waals surface area contributed by atoms with Gasteiger partial charge >= 0.3 is 0 Å². The molecule has 0 bridgehead atoms. The summed E-state index contributed by atoms with van der Waals surface area (Å²) in [7, 11) is 1.32. The van der Waals surface area contributed by atoms with Gasteiger partial charge < -0.3 is 0 Å². The van der Waals surface area contributed by atoms with E-state index in [-0.39, 0.29) is 5.03 Å². The van der Waals surface area contributed by atoms with Crippen LogP contribution in [-0.4, -0.2) is 23.4 Å². The zero-order valence-corrected chi connectivity index (χ0v) is 9.90. The second kappa shape index (κ2) is 3.88. The molecule has 5 nitrogen and oxygen atoms in total. The molecule has 0 aliphatic carbocycles. The van der Waals surface area contributed by atoms with Crippen molar-refractivity contribution in [2.75, 3.05) is 0 Å². The molecule has 7 heteroatoms. The van der Waals surface area contributed by atoms with E-state index < -0.39 is 9.05 Å². The van der Waals surface area contributed by atoms with E-state index in [1.165, 1.54) is 10.9 Å². The first-order valence-electron chi connectivity index (χ1n) is 4.41. The van der Waals surface area contributed by atoms with E-state index in [4.69, 9.17) is 10.7 Å². The molecule has 0 fully saturated rings. The molecule has 0 amide bonds. The summed E-state index contributed by atoms with van der Waals surface area (Å²) in [6.45, 7) is 1.93. The van der Waals surface area contributed by atoms with Crippen molar-refractivity contribution in [1.29, 1.82) is 0 Å². The molecular formula is C9H8ClN3O2S. The van der Waals surface area contributed by atoms with Gasteiger partial charge in [-0.15, -0.1) is 5.10 Å². The molecule has 2 aromatic rings. The molecule has 0 atom stereocenters. The van der Waals surface area contributed by atoms with Crippen LogP contribution < -0.4 is 0 Å². The first-order valence-corrected chi connectivity index (χ1v) is 6.72. The first-order chi connectivity index (χ1) is 7.47. The second-order valence-corrected chi connectivity index (χ2v) is 5.79. The highest BCUT2D eigenvalue weighted by molar-refractivity contribution is 8.13. The normalized spacial score (nSPS) is 11.6. The van der Waals surface area contributed by atoms with E-state index in [0.717, 1.165) is 11.3 Å². The standard InChI is InChI=1S/C9H8ClN3O2S/c1-7-3-2-4-8(5-7)13-6-9(11-12-13)16(10,14)15/h2-6H,1H3. The van der Waals surface area contributed by atoms with Crippen molar-refractivity contribution in [1.82, 2.24) is 15.0 Å². The number of halogens is 1. The molecule has 0 spiro atoms. The summed E-state index contributed by atoms with van der Waals surface area (Å²) in [6, 6.07) is 7.44. The number of nitrogens with zero attached hydrogens (tertiary/aromatic N) is 3. The van der Waals surface area contributed by atoms with Gasteiger partial charge in [-0.25, -0.2) is 13.1 Å². The van der Waals surface area contributed by atoms with Crippen molar-refractivity contribution in [3.8, 4) is 5.69 Å². The summed E-state index contributed by atoms with van der Waals surface area (Å²) in [5.74, 6) is 0. The zero-order chi connectivity index (χ0) is 11.8. The van der Waals surface area contributed by atoms with E-state index in [0.29, 0.717) is 0 Å². The minimum absolute atomic E-state index is 0.254. The Kier molecular flexibility index (Phi) is 2.69. The van der Waals surface area contributed by atoms with Crippen LogP contribution >= 0.6 is 10.7 Å². The van der Waals surface area contributed by atoms with Crippen LogP contribution in [0.2, 0.25) is 0 Å². The Bertz CT molecular complexity index is 621. The Balaban J connectivity index is 2.47. The van der Waals surface area contributed by atoms with Gasteiger partial charge in [0.1, 0.15) is 0 Å². The lowest BCUT2D eigenvalue weighted by Crippen LogP contribution is -1.94. The van der Waals surface area contributed by atoms with Gasteiger partial charge in [0.2, 0.25) is 5.03 Å². The van der Waals surface area contributed by atoms with E-state index in [9.17, 15) is 8.42 Å². The van der Waals surface area contributed by atoms with Crippen molar-refractivity contribution < 1.29 is 8.42 Å². The quantitative estimate of drug-likeness (QED) is 0.765. The molecule has 0 saturated carbocycles. The average molecular weight is 258 g/mol.